The largest absolute Gasteiger partial charge is 0.480 e. The Hall–Kier alpha value is -2.27. The van der Waals surface area contributed by atoms with E-state index < -0.39 is 12.0 Å². The van der Waals surface area contributed by atoms with Gasteiger partial charge in [-0.1, -0.05) is 24.3 Å². The zero-order valence-electron chi connectivity index (χ0n) is 9.65. The van der Waals surface area contributed by atoms with Crippen molar-refractivity contribution < 1.29 is 9.90 Å². The first kappa shape index (κ1) is 12.2. The van der Waals surface area contributed by atoms with Crippen LogP contribution in [0.2, 0.25) is 0 Å². The van der Waals surface area contributed by atoms with E-state index in [-0.39, 0.29) is 0 Å². The predicted molar refractivity (Wildman–Crippen MR) is 66.8 cm³/mol. The average Bonchev–Trinajstić information content (AvgIpc) is 2.40. The average molecular weight is 243 g/mol. The smallest absolute Gasteiger partial charge is 0.320 e. The molecular formula is C13H13N3O2. The summed E-state index contributed by atoms with van der Waals surface area (Å²) in [5.74, 6) is -0.350. The van der Waals surface area contributed by atoms with Crippen molar-refractivity contribution in [2.45, 2.75) is 12.5 Å². The van der Waals surface area contributed by atoms with Crippen LogP contribution in [0.4, 0.5) is 0 Å². The molecule has 92 valence electrons. The van der Waals surface area contributed by atoms with Crippen LogP contribution in [-0.2, 0) is 11.2 Å². The van der Waals surface area contributed by atoms with Gasteiger partial charge < -0.3 is 10.8 Å². The summed E-state index contributed by atoms with van der Waals surface area (Å²) in [6, 6.07) is 8.29. The van der Waals surface area contributed by atoms with Crippen molar-refractivity contribution in [2.75, 3.05) is 0 Å². The number of carboxylic acid groups (broad SMARTS) is 1. The van der Waals surface area contributed by atoms with Gasteiger partial charge in [-0.15, -0.1) is 0 Å². The van der Waals surface area contributed by atoms with Crippen molar-refractivity contribution >= 4 is 5.97 Å². The van der Waals surface area contributed by atoms with E-state index >= 15 is 0 Å². The number of carbonyl (C=O) groups is 1. The molecule has 1 atom stereocenters. The highest BCUT2D eigenvalue weighted by molar-refractivity contribution is 5.73. The molecule has 0 unspecified atom stereocenters. The maximum absolute atomic E-state index is 10.6. The SMILES string of the molecule is N[C@@H](Cc1ccc(-c2ncccn2)cc1)C(=O)O. The molecule has 3 N–H and O–H groups in total. The fraction of sp³-hybridized carbons (Fsp3) is 0.154. The van der Waals surface area contributed by atoms with E-state index in [0.717, 1.165) is 11.1 Å². The molecule has 1 heterocycles. The topological polar surface area (TPSA) is 89.1 Å². The number of nitrogens with zero attached hydrogens (tertiary/aromatic N) is 2. The van der Waals surface area contributed by atoms with Crippen molar-refractivity contribution in [2.24, 2.45) is 5.73 Å². The second-order valence-corrected chi connectivity index (χ2v) is 3.92. The van der Waals surface area contributed by atoms with Gasteiger partial charge >= 0.3 is 5.97 Å². The minimum absolute atomic E-state index is 0.311. The van der Waals surface area contributed by atoms with Gasteiger partial charge in [0.05, 0.1) is 0 Å². The first-order chi connectivity index (χ1) is 8.66. The molecule has 1 aromatic carbocycles. The van der Waals surface area contributed by atoms with Crippen LogP contribution in [0.1, 0.15) is 5.56 Å². The van der Waals surface area contributed by atoms with Crippen LogP contribution in [0.3, 0.4) is 0 Å². The van der Waals surface area contributed by atoms with Crippen LogP contribution >= 0.6 is 0 Å². The molecule has 0 bridgehead atoms. The quantitative estimate of drug-likeness (QED) is 0.839. The molecular weight excluding hydrogens is 230 g/mol. The number of carboxylic acids is 1. The van der Waals surface area contributed by atoms with E-state index in [9.17, 15) is 4.79 Å². The summed E-state index contributed by atoms with van der Waals surface area (Å²) in [5, 5.41) is 8.73. The van der Waals surface area contributed by atoms with E-state index in [2.05, 4.69) is 9.97 Å². The highest BCUT2D eigenvalue weighted by atomic mass is 16.4. The summed E-state index contributed by atoms with van der Waals surface area (Å²) < 4.78 is 0. The number of benzene rings is 1. The van der Waals surface area contributed by atoms with Crippen LogP contribution in [0.25, 0.3) is 11.4 Å². The van der Waals surface area contributed by atoms with Crippen molar-refractivity contribution in [3.8, 4) is 11.4 Å². The van der Waals surface area contributed by atoms with Crippen LogP contribution in [0, 0.1) is 0 Å². The van der Waals surface area contributed by atoms with E-state index in [1.807, 2.05) is 24.3 Å². The molecule has 0 amide bonds. The first-order valence-electron chi connectivity index (χ1n) is 5.51. The molecule has 0 aliphatic heterocycles. The predicted octanol–water partition coefficient (Wildman–Crippen LogP) is 1.10. The lowest BCUT2D eigenvalue weighted by Crippen LogP contribution is -2.32. The van der Waals surface area contributed by atoms with Crippen LogP contribution in [0.5, 0.6) is 0 Å². The van der Waals surface area contributed by atoms with Crippen LogP contribution in [0.15, 0.2) is 42.7 Å². The van der Waals surface area contributed by atoms with Gasteiger partial charge in [-0.2, -0.15) is 0 Å². The molecule has 0 saturated carbocycles. The Kier molecular flexibility index (Phi) is 3.64. The third kappa shape index (κ3) is 2.89. The molecule has 0 aliphatic rings. The monoisotopic (exact) mass is 243 g/mol. The van der Waals surface area contributed by atoms with Gasteiger partial charge in [-0.25, -0.2) is 9.97 Å². The maximum Gasteiger partial charge on any atom is 0.320 e. The second kappa shape index (κ2) is 5.37. The molecule has 18 heavy (non-hydrogen) atoms. The van der Waals surface area contributed by atoms with Crippen molar-refractivity contribution in [3.63, 3.8) is 0 Å². The minimum Gasteiger partial charge on any atom is -0.480 e. The van der Waals surface area contributed by atoms with E-state index in [0.29, 0.717) is 12.2 Å². The van der Waals surface area contributed by atoms with Gasteiger partial charge in [0.25, 0.3) is 0 Å². The van der Waals surface area contributed by atoms with Crippen LogP contribution < -0.4 is 5.73 Å². The molecule has 0 fully saturated rings. The van der Waals surface area contributed by atoms with Crippen molar-refractivity contribution in [3.05, 3.63) is 48.3 Å². The zero-order chi connectivity index (χ0) is 13.0. The molecule has 2 rings (SSSR count). The second-order valence-electron chi connectivity index (χ2n) is 3.92. The zero-order valence-corrected chi connectivity index (χ0v) is 9.65. The van der Waals surface area contributed by atoms with E-state index in [1.165, 1.54) is 0 Å². The Labute approximate surface area is 104 Å². The van der Waals surface area contributed by atoms with E-state index in [1.54, 1.807) is 18.5 Å². The lowest BCUT2D eigenvalue weighted by molar-refractivity contribution is -0.138. The number of hydrogen-bond donors (Lipinski definition) is 2. The molecule has 0 spiro atoms. The fourth-order valence-corrected chi connectivity index (χ4v) is 1.58. The molecule has 2 aromatic rings. The lowest BCUT2D eigenvalue weighted by atomic mass is 10.0. The highest BCUT2D eigenvalue weighted by Gasteiger charge is 2.11. The van der Waals surface area contributed by atoms with Gasteiger partial charge in [-0.05, 0) is 18.1 Å². The normalized spacial score (nSPS) is 12.1. The van der Waals surface area contributed by atoms with Gasteiger partial charge in [0.2, 0.25) is 0 Å². The summed E-state index contributed by atoms with van der Waals surface area (Å²) in [6.45, 7) is 0. The number of aliphatic carboxylic acids is 1. The molecule has 1 aromatic heterocycles. The minimum atomic E-state index is -0.995. The van der Waals surface area contributed by atoms with Gasteiger partial charge in [-0.3, -0.25) is 4.79 Å². The number of nitrogens with two attached hydrogens (primary N) is 1. The summed E-state index contributed by atoms with van der Waals surface area (Å²) in [5.41, 5.74) is 7.24. The first-order valence-corrected chi connectivity index (χ1v) is 5.51. The molecule has 0 saturated heterocycles. The Morgan fingerprint density at radius 2 is 1.83 bits per heavy atom. The number of aromatic nitrogens is 2. The van der Waals surface area contributed by atoms with Crippen molar-refractivity contribution in [1.82, 2.24) is 9.97 Å². The molecule has 0 aliphatic carbocycles. The summed E-state index contributed by atoms with van der Waals surface area (Å²) in [7, 11) is 0. The Morgan fingerprint density at radius 1 is 1.22 bits per heavy atom. The Morgan fingerprint density at radius 3 is 2.39 bits per heavy atom. The third-order valence-electron chi connectivity index (χ3n) is 2.55. The number of hydrogen-bond acceptors (Lipinski definition) is 4. The Bertz CT molecular complexity index is 526. The fourth-order valence-electron chi connectivity index (χ4n) is 1.58. The molecule has 5 heteroatoms. The van der Waals surface area contributed by atoms with E-state index in [4.69, 9.17) is 10.8 Å². The van der Waals surface area contributed by atoms with Crippen molar-refractivity contribution in [1.29, 1.82) is 0 Å². The summed E-state index contributed by atoms with van der Waals surface area (Å²) in [4.78, 5) is 18.9. The lowest BCUT2D eigenvalue weighted by Gasteiger charge is -2.07. The molecule has 0 radical (unpaired) electrons. The Balaban J connectivity index is 2.13. The summed E-state index contributed by atoms with van der Waals surface area (Å²) in [6.07, 6.45) is 3.67. The standard InChI is InChI=1S/C13H13N3O2/c14-11(13(17)18)8-9-2-4-10(5-3-9)12-15-6-1-7-16-12/h1-7,11H,8,14H2,(H,17,18)/t11-/m0/s1. The summed E-state index contributed by atoms with van der Waals surface area (Å²) >= 11 is 0. The number of rotatable bonds is 4. The van der Waals surface area contributed by atoms with Gasteiger partial charge in [0, 0.05) is 18.0 Å². The molecule has 5 nitrogen and oxygen atoms in total. The highest BCUT2D eigenvalue weighted by Crippen LogP contribution is 2.15. The van der Waals surface area contributed by atoms with Crippen LogP contribution in [-0.4, -0.2) is 27.1 Å². The third-order valence-corrected chi connectivity index (χ3v) is 2.55. The van der Waals surface area contributed by atoms with Gasteiger partial charge in [0.15, 0.2) is 5.82 Å². The van der Waals surface area contributed by atoms with Gasteiger partial charge in [0.1, 0.15) is 6.04 Å². The maximum atomic E-state index is 10.6.